The van der Waals surface area contributed by atoms with Gasteiger partial charge in [-0.1, -0.05) is 60.7 Å². The van der Waals surface area contributed by atoms with Gasteiger partial charge in [-0.25, -0.2) is 0 Å². The van der Waals surface area contributed by atoms with Crippen LogP contribution in [0, 0.1) is 21.4 Å². The standard InChI is InChI=1S/C27H20N4O4S/c28-18-23(25(32)29-15-14-19-8-3-1-4-9-19)27-30(21-11-5-2-6-12-21)26(33)24(36-27)17-20-10-7-13-22(16-20)31(34)35/h1-13,16-17H,14-15H2,(H,29,32)/b24-17+,27-23-. The number of hydrogen-bond donors (Lipinski definition) is 1. The second-order valence-electron chi connectivity index (χ2n) is 7.72. The van der Waals surface area contributed by atoms with Gasteiger partial charge in [0.25, 0.3) is 17.2 Å². The molecule has 0 unspecified atom stereocenters. The van der Waals surface area contributed by atoms with Crippen LogP contribution in [0.4, 0.5) is 5.69 Å². The Morgan fingerprint density at radius 2 is 1.75 bits per heavy atom. The maximum Gasteiger partial charge on any atom is 0.273 e. The highest BCUT2D eigenvalue weighted by molar-refractivity contribution is 7.07. The van der Waals surface area contributed by atoms with Gasteiger partial charge in [-0.05, 0) is 35.8 Å². The summed E-state index contributed by atoms with van der Waals surface area (Å²) in [6.45, 7) is 0.321. The van der Waals surface area contributed by atoms with Gasteiger partial charge in [0.15, 0.2) is 5.57 Å². The van der Waals surface area contributed by atoms with Crippen molar-refractivity contribution in [3.05, 3.63) is 126 Å². The van der Waals surface area contributed by atoms with Gasteiger partial charge in [-0.15, -0.1) is 11.3 Å². The number of nitro groups is 1. The topological polar surface area (TPSA) is 118 Å². The van der Waals surface area contributed by atoms with Gasteiger partial charge >= 0.3 is 0 Å². The van der Waals surface area contributed by atoms with Crippen LogP contribution < -0.4 is 20.1 Å². The molecular weight excluding hydrogens is 476 g/mol. The summed E-state index contributed by atoms with van der Waals surface area (Å²) in [7, 11) is 0. The summed E-state index contributed by atoms with van der Waals surface area (Å²) in [5.74, 6) is -0.582. The first-order valence-electron chi connectivity index (χ1n) is 11.0. The molecule has 4 rings (SSSR count). The molecule has 1 amide bonds. The van der Waals surface area contributed by atoms with E-state index in [1.54, 1.807) is 36.4 Å². The summed E-state index contributed by atoms with van der Waals surface area (Å²) in [5, 5.41) is 23.8. The Labute approximate surface area is 209 Å². The summed E-state index contributed by atoms with van der Waals surface area (Å²) in [4.78, 5) is 37.0. The summed E-state index contributed by atoms with van der Waals surface area (Å²) < 4.78 is 1.74. The number of aromatic nitrogens is 1. The Kier molecular flexibility index (Phi) is 7.48. The molecule has 8 nitrogen and oxygen atoms in total. The van der Waals surface area contributed by atoms with E-state index in [0.29, 0.717) is 24.2 Å². The molecule has 36 heavy (non-hydrogen) atoms. The highest BCUT2D eigenvalue weighted by atomic mass is 32.1. The number of thiazole rings is 1. The monoisotopic (exact) mass is 496 g/mol. The van der Waals surface area contributed by atoms with Crippen LogP contribution in [-0.2, 0) is 11.2 Å². The third-order valence-electron chi connectivity index (χ3n) is 5.31. The number of para-hydroxylation sites is 1. The minimum atomic E-state index is -0.582. The molecule has 0 fully saturated rings. The van der Waals surface area contributed by atoms with Crippen molar-refractivity contribution in [3.63, 3.8) is 0 Å². The van der Waals surface area contributed by atoms with E-state index in [2.05, 4.69) is 5.32 Å². The number of nitrogens with one attached hydrogen (secondary N) is 1. The fourth-order valence-electron chi connectivity index (χ4n) is 3.59. The lowest BCUT2D eigenvalue weighted by Gasteiger charge is -2.06. The molecule has 0 spiro atoms. The lowest BCUT2D eigenvalue weighted by Crippen LogP contribution is -2.34. The summed E-state index contributed by atoms with van der Waals surface area (Å²) in [5.41, 5.74) is 1.27. The van der Waals surface area contributed by atoms with Crippen LogP contribution in [0.25, 0.3) is 17.3 Å². The fourth-order valence-corrected chi connectivity index (χ4v) is 4.69. The Morgan fingerprint density at radius 1 is 1.06 bits per heavy atom. The highest BCUT2D eigenvalue weighted by Crippen LogP contribution is 2.13. The highest BCUT2D eigenvalue weighted by Gasteiger charge is 2.17. The molecule has 9 heteroatoms. The number of benzene rings is 3. The molecule has 1 aromatic heterocycles. The number of carbonyl (C=O) groups excluding carboxylic acids is 1. The average molecular weight is 497 g/mol. The van der Waals surface area contributed by atoms with Crippen LogP contribution in [0.2, 0.25) is 0 Å². The Balaban J connectivity index is 1.81. The van der Waals surface area contributed by atoms with Crippen molar-refractivity contribution >= 4 is 34.6 Å². The molecule has 1 heterocycles. The van der Waals surface area contributed by atoms with E-state index >= 15 is 0 Å². The first-order valence-corrected chi connectivity index (χ1v) is 11.8. The zero-order valence-corrected chi connectivity index (χ0v) is 19.8. The molecule has 0 saturated heterocycles. The number of non-ortho nitro benzene ring substituents is 1. The SMILES string of the molecule is N#C/C(C(=O)NCCc1ccccc1)=c1/s/c(=C/c2cccc([N+](=O)[O-])c2)c(=O)n1-c1ccccc1. The Bertz CT molecular complexity index is 1640. The second-order valence-corrected chi connectivity index (χ2v) is 8.75. The third kappa shape index (κ3) is 5.46. The second kappa shape index (κ2) is 11.1. The Morgan fingerprint density at radius 3 is 2.42 bits per heavy atom. The van der Waals surface area contributed by atoms with Crippen LogP contribution in [0.3, 0.4) is 0 Å². The molecule has 0 saturated carbocycles. The van der Waals surface area contributed by atoms with Crippen molar-refractivity contribution in [3.8, 4) is 11.8 Å². The summed E-state index contributed by atoms with van der Waals surface area (Å²) in [6, 6.07) is 26.2. The van der Waals surface area contributed by atoms with Gasteiger partial charge in [0.2, 0.25) is 0 Å². The van der Waals surface area contributed by atoms with Crippen molar-refractivity contribution in [1.82, 2.24) is 9.88 Å². The maximum atomic E-state index is 13.4. The molecule has 0 aliphatic heterocycles. The maximum absolute atomic E-state index is 13.4. The van der Waals surface area contributed by atoms with Gasteiger partial charge in [0.1, 0.15) is 10.7 Å². The minimum Gasteiger partial charge on any atom is -0.351 e. The van der Waals surface area contributed by atoms with Crippen molar-refractivity contribution in [2.75, 3.05) is 6.54 Å². The summed E-state index contributed by atoms with van der Waals surface area (Å²) in [6.07, 6.45) is 2.11. The molecule has 4 aromatic rings. The predicted octanol–water partition coefficient (Wildman–Crippen LogP) is 2.67. The normalized spacial score (nSPS) is 12.0. The minimum absolute atomic E-state index is 0.106. The molecule has 0 atom stereocenters. The molecule has 1 N–H and O–H groups in total. The van der Waals surface area contributed by atoms with Crippen LogP contribution in [0.1, 0.15) is 11.1 Å². The number of rotatable bonds is 7. The number of nitro benzene ring substituents is 1. The molecular formula is C27H20N4O4S. The van der Waals surface area contributed by atoms with Crippen LogP contribution >= 0.6 is 11.3 Å². The zero-order chi connectivity index (χ0) is 25.5. The van der Waals surface area contributed by atoms with E-state index in [0.717, 1.165) is 16.9 Å². The van der Waals surface area contributed by atoms with Gasteiger partial charge < -0.3 is 5.32 Å². The molecule has 0 aliphatic carbocycles. The van der Waals surface area contributed by atoms with Crippen molar-refractivity contribution < 1.29 is 9.72 Å². The average Bonchev–Trinajstić information content (AvgIpc) is 3.21. The molecule has 3 aromatic carbocycles. The van der Waals surface area contributed by atoms with Gasteiger partial charge in [-0.2, -0.15) is 5.26 Å². The zero-order valence-electron chi connectivity index (χ0n) is 19.0. The predicted molar refractivity (Wildman–Crippen MR) is 138 cm³/mol. The van der Waals surface area contributed by atoms with E-state index < -0.39 is 16.4 Å². The number of carbonyl (C=O) groups is 1. The first-order chi connectivity index (χ1) is 17.5. The lowest BCUT2D eigenvalue weighted by molar-refractivity contribution is -0.384. The van der Waals surface area contributed by atoms with Crippen molar-refractivity contribution in [2.45, 2.75) is 6.42 Å². The molecule has 178 valence electrons. The quantitative estimate of drug-likeness (QED) is 0.312. The van der Waals surface area contributed by atoms with Crippen LogP contribution in [0.5, 0.6) is 0 Å². The third-order valence-corrected chi connectivity index (χ3v) is 6.40. The first kappa shape index (κ1) is 24.3. The van der Waals surface area contributed by atoms with E-state index in [-0.39, 0.29) is 20.5 Å². The molecule has 0 radical (unpaired) electrons. The largest absolute Gasteiger partial charge is 0.351 e. The van der Waals surface area contributed by atoms with Crippen molar-refractivity contribution in [2.24, 2.45) is 0 Å². The van der Waals surface area contributed by atoms with Gasteiger partial charge in [0, 0.05) is 18.7 Å². The number of hydrogen-bond acceptors (Lipinski definition) is 6. The van der Waals surface area contributed by atoms with E-state index in [9.17, 15) is 25.0 Å². The van der Waals surface area contributed by atoms with Crippen LogP contribution in [-0.4, -0.2) is 21.9 Å². The number of nitriles is 1. The van der Waals surface area contributed by atoms with E-state index in [4.69, 9.17) is 0 Å². The van der Waals surface area contributed by atoms with E-state index in [1.165, 1.54) is 28.8 Å². The lowest BCUT2D eigenvalue weighted by atomic mass is 10.1. The summed E-state index contributed by atoms with van der Waals surface area (Å²) >= 11 is 0.986. The Hall–Kier alpha value is -4.81. The molecule has 0 aliphatic rings. The van der Waals surface area contributed by atoms with E-state index in [1.807, 2.05) is 36.4 Å². The fraction of sp³-hybridized carbons (Fsp3) is 0.0741. The molecule has 0 bridgehead atoms. The van der Waals surface area contributed by atoms with Crippen LogP contribution in [0.15, 0.2) is 89.7 Å². The van der Waals surface area contributed by atoms with Crippen molar-refractivity contribution in [1.29, 1.82) is 5.26 Å². The van der Waals surface area contributed by atoms with Gasteiger partial charge in [0.05, 0.1) is 15.1 Å². The smallest absolute Gasteiger partial charge is 0.273 e. The van der Waals surface area contributed by atoms with Gasteiger partial charge in [-0.3, -0.25) is 24.3 Å². The number of nitrogens with zero attached hydrogens (tertiary/aromatic N) is 3. The number of amides is 1.